The summed E-state index contributed by atoms with van der Waals surface area (Å²) in [6.45, 7) is -0.310. The first kappa shape index (κ1) is 16.1. The van der Waals surface area contributed by atoms with E-state index < -0.39 is 24.1 Å². The van der Waals surface area contributed by atoms with Gasteiger partial charge in [0.2, 0.25) is 0 Å². The van der Waals surface area contributed by atoms with Crippen molar-refractivity contribution < 1.29 is 19.3 Å². The number of hydrogen-bond acceptors (Lipinski definition) is 10. The second-order valence-electron chi connectivity index (χ2n) is 4.72. The smallest absolute Gasteiger partial charge is 0.167 e. The van der Waals surface area contributed by atoms with Crippen molar-refractivity contribution in [3.63, 3.8) is 0 Å². The van der Waals surface area contributed by atoms with Crippen LogP contribution in [0.15, 0.2) is 12.7 Å². The minimum absolute atomic E-state index is 0.258. The molecule has 1 aliphatic rings. The van der Waals surface area contributed by atoms with E-state index in [2.05, 4.69) is 39.0 Å². The van der Waals surface area contributed by atoms with Crippen LogP contribution in [0.1, 0.15) is 12.6 Å². The van der Waals surface area contributed by atoms with E-state index in [1.54, 1.807) is 4.57 Å². The predicted molar refractivity (Wildman–Crippen MR) is 81.9 cm³/mol. The number of anilines is 1. The van der Waals surface area contributed by atoms with Gasteiger partial charge in [-0.05, 0) is 0 Å². The van der Waals surface area contributed by atoms with Gasteiger partial charge in [0.05, 0.1) is 19.0 Å². The molecule has 1 fully saturated rings. The number of nitrogen functional groups attached to an aromatic ring is 1. The SMILES string of the molecule is Nc1ncnc2c1ncn2C1CC(OP([O-])(=S)[S-])C(CO)O1. The second-order valence-corrected chi connectivity index (χ2v) is 9.40. The highest BCUT2D eigenvalue weighted by molar-refractivity contribution is 8.50. The Labute approximate surface area is 135 Å². The zero-order chi connectivity index (χ0) is 15.9. The number of imidazole rings is 1. The van der Waals surface area contributed by atoms with Crippen LogP contribution in [0.4, 0.5) is 5.82 Å². The van der Waals surface area contributed by atoms with Gasteiger partial charge in [-0.1, -0.05) is 0 Å². The highest BCUT2D eigenvalue weighted by Gasteiger charge is 2.37. The van der Waals surface area contributed by atoms with Crippen LogP contribution in [-0.4, -0.2) is 43.4 Å². The summed E-state index contributed by atoms with van der Waals surface area (Å²) in [6, 6.07) is 0. The summed E-state index contributed by atoms with van der Waals surface area (Å²) in [5.41, 5.74) is 3.16. The van der Waals surface area contributed by atoms with Gasteiger partial charge in [0.15, 0.2) is 11.5 Å². The van der Waals surface area contributed by atoms with Crippen LogP contribution < -0.4 is 10.6 Å². The van der Waals surface area contributed by atoms with Crippen LogP contribution in [0.2, 0.25) is 0 Å². The molecule has 22 heavy (non-hydrogen) atoms. The summed E-state index contributed by atoms with van der Waals surface area (Å²) in [4.78, 5) is 23.6. The fraction of sp³-hybridized carbons (Fsp3) is 0.500. The van der Waals surface area contributed by atoms with E-state index in [9.17, 15) is 10.00 Å². The molecule has 9 nitrogen and oxygen atoms in total. The van der Waals surface area contributed by atoms with E-state index in [0.717, 1.165) is 0 Å². The van der Waals surface area contributed by atoms with Gasteiger partial charge in [-0.25, -0.2) is 15.0 Å². The Balaban J connectivity index is 1.89. The van der Waals surface area contributed by atoms with Gasteiger partial charge in [0, 0.05) is 6.42 Å². The number of nitrogens with zero attached hydrogens (tertiary/aromatic N) is 4. The topological polar surface area (TPSA) is 131 Å². The van der Waals surface area contributed by atoms with Crippen molar-refractivity contribution in [2.45, 2.75) is 24.9 Å². The normalized spacial score (nSPS) is 28.0. The largest absolute Gasteiger partial charge is 0.819 e. The van der Waals surface area contributed by atoms with E-state index in [4.69, 9.17) is 15.0 Å². The molecule has 0 saturated carbocycles. The average Bonchev–Trinajstić information content (AvgIpc) is 3.01. The second kappa shape index (κ2) is 6.00. The Hall–Kier alpha value is -0.810. The molecule has 120 valence electrons. The lowest BCUT2D eigenvalue weighted by molar-refractivity contribution is -0.180. The molecule has 0 aliphatic carbocycles. The number of rotatable bonds is 4. The number of fused-ring (bicyclic) bond motifs is 1. The van der Waals surface area contributed by atoms with E-state index in [0.29, 0.717) is 17.6 Å². The zero-order valence-corrected chi connectivity index (χ0v) is 13.6. The number of aliphatic hydroxyl groups is 1. The van der Waals surface area contributed by atoms with Crippen LogP contribution in [0.25, 0.3) is 11.2 Å². The molecule has 2 aromatic heterocycles. The first-order chi connectivity index (χ1) is 10.4. The van der Waals surface area contributed by atoms with Gasteiger partial charge >= 0.3 is 0 Å². The number of ether oxygens (including phenoxy) is 1. The standard InChI is InChI=1S/C10H14N5O4PS2/c11-9-8-10(13-3-12-9)15(4-14-8)7-1-5(6(2-16)18-7)19-20(17,21)22/h3-7,16H,1-2H2,(H2,11,12,13)(H2,17,21,22)/p-2. The van der Waals surface area contributed by atoms with E-state index in [1.807, 2.05) is 0 Å². The number of nitrogens with two attached hydrogens (primary N) is 1. The van der Waals surface area contributed by atoms with Crippen molar-refractivity contribution in [3.8, 4) is 0 Å². The molecule has 2 aromatic rings. The molecule has 1 saturated heterocycles. The van der Waals surface area contributed by atoms with Crippen molar-refractivity contribution in [2.24, 2.45) is 0 Å². The molecular formula is C10H12N5O4PS2-2. The average molecular weight is 361 g/mol. The Morgan fingerprint density at radius 2 is 2.36 bits per heavy atom. The van der Waals surface area contributed by atoms with Gasteiger partial charge in [0.25, 0.3) is 0 Å². The monoisotopic (exact) mass is 361 g/mol. The molecule has 0 radical (unpaired) electrons. The van der Waals surface area contributed by atoms with Crippen LogP contribution in [0.5, 0.6) is 0 Å². The van der Waals surface area contributed by atoms with Crippen molar-refractivity contribution >= 4 is 46.7 Å². The molecule has 4 unspecified atom stereocenters. The third kappa shape index (κ3) is 3.11. The number of aliphatic hydroxyl groups excluding tert-OH is 1. The molecule has 3 heterocycles. The molecule has 12 heteroatoms. The van der Waals surface area contributed by atoms with Gasteiger partial charge in [-0.15, -0.1) is 17.5 Å². The Bertz CT molecular complexity index is 737. The third-order valence-electron chi connectivity index (χ3n) is 3.32. The van der Waals surface area contributed by atoms with Crippen LogP contribution in [-0.2, 0) is 33.3 Å². The van der Waals surface area contributed by atoms with Gasteiger partial charge in [-0.3, -0.25) is 4.57 Å². The van der Waals surface area contributed by atoms with E-state index >= 15 is 0 Å². The fourth-order valence-corrected chi connectivity index (χ4v) is 3.61. The van der Waals surface area contributed by atoms with E-state index in [-0.39, 0.29) is 12.4 Å². The molecular weight excluding hydrogens is 349 g/mol. The maximum atomic E-state index is 11.5. The summed E-state index contributed by atoms with van der Waals surface area (Å²) in [7, 11) is 0. The molecule has 1 aliphatic heterocycles. The first-order valence-corrected chi connectivity index (χ1v) is 9.94. The zero-order valence-electron chi connectivity index (χ0n) is 11.1. The summed E-state index contributed by atoms with van der Waals surface area (Å²) in [5.74, 6) is 0.258. The minimum atomic E-state index is -3.52. The molecule has 0 aromatic carbocycles. The maximum absolute atomic E-state index is 11.5. The fourth-order valence-electron chi connectivity index (χ4n) is 2.39. The maximum Gasteiger partial charge on any atom is 0.167 e. The Morgan fingerprint density at radius 3 is 3.05 bits per heavy atom. The molecule has 4 atom stereocenters. The molecule has 3 rings (SSSR count). The summed E-state index contributed by atoms with van der Waals surface area (Å²) >= 11 is 9.22. The summed E-state index contributed by atoms with van der Waals surface area (Å²) in [5, 5.41) is 9.37. The lowest BCUT2D eigenvalue weighted by atomic mass is 10.2. The van der Waals surface area contributed by atoms with Crippen molar-refractivity contribution in [1.29, 1.82) is 0 Å². The highest BCUT2D eigenvalue weighted by Crippen LogP contribution is 2.42. The van der Waals surface area contributed by atoms with Gasteiger partial charge in [-0.2, -0.15) is 0 Å². The molecule has 0 spiro atoms. The van der Waals surface area contributed by atoms with Crippen molar-refractivity contribution in [1.82, 2.24) is 19.5 Å². The summed E-state index contributed by atoms with van der Waals surface area (Å²) < 4.78 is 12.5. The number of hydrogen-bond donors (Lipinski definition) is 2. The number of aromatic nitrogens is 4. The van der Waals surface area contributed by atoms with Crippen LogP contribution in [0, 0.1) is 0 Å². The third-order valence-corrected chi connectivity index (χ3v) is 4.37. The molecule has 0 amide bonds. The lowest BCUT2D eigenvalue weighted by Crippen LogP contribution is -2.28. The van der Waals surface area contributed by atoms with Gasteiger partial charge < -0.3 is 37.2 Å². The first-order valence-electron chi connectivity index (χ1n) is 6.29. The van der Waals surface area contributed by atoms with Crippen molar-refractivity contribution in [2.75, 3.05) is 12.3 Å². The Kier molecular flexibility index (Phi) is 4.38. The molecule has 3 N–H and O–H groups in total. The lowest BCUT2D eigenvalue weighted by Gasteiger charge is -2.38. The van der Waals surface area contributed by atoms with Crippen molar-refractivity contribution in [3.05, 3.63) is 12.7 Å². The quantitative estimate of drug-likeness (QED) is 0.527. The van der Waals surface area contributed by atoms with E-state index in [1.165, 1.54) is 12.7 Å². The highest BCUT2D eigenvalue weighted by atomic mass is 32.9. The molecule has 0 bridgehead atoms. The Morgan fingerprint density at radius 1 is 1.59 bits per heavy atom. The van der Waals surface area contributed by atoms with Gasteiger partial charge in [0.1, 0.15) is 24.2 Å². The van der Waals surface area contributed by atoms with Crippen LogP contribution >= 0.6 is 5.69 Å². The summed E-state index contributed by atoms with van der Waals surface area (Å²) in [6.07, 6.45) is 1.28. The predicted octanol–water partition coefficient (Wildman–Crippen LogP) is -0.795. The minimum Gasteiger partial charge on any atom is -0.819 e. The van der Waals surface area contributed by atoms with Crippen LogP contribution in [0.3, 0.4) is 0 Å².